The molecular weight excluding hydrogens is 350 g/mol. The average Bonchev–Trinajstić information content (AvgIpc) is 2.65. The third-order valence-corrected chi connectivity index (χ3v) is 4.19. The molecule has 1 rings (SSSR count). The molecule has 0 aliphatic rings. The normalized spacial score (nSPS) is 13.7. The minimum Gasteiger partial charge on any atom is -0.497 e. The summed E-state index contributed by atoms with van der Waals surface area (Å²) in [6, 6.07) is 8.42. The highest BCUT2D eigenvalue weighted by atomic mass is 16.5. The van der Waals surface area contributed by atoms with E-state index in [9.17, 15) is 19.6 Å². The van der Waals surface area contributed by atoms with Crippen LogP contribution in [0, 0.1) is 17.2 Å². The number of carbonyl (C=O) groups is 3. The summed E-state index contributed by atoms with van der Waals surface area (Å²) in [6.07, 6.45) is -1.10. The largest absolute Gasteiger partial charge is 0.497 e. The lowest BCUT2D eigenvalue weighted by molar-refractivity contribution is -0.154. The molecule has 0 heterocycles. The third kappa shape index (κ3) is 6.29. The van der Waals surface area contributed by atoms with E-state index in [2.05, 4.69) is 10.6 Å². The van der Waals surface area contributed by atoms with Gasteiger partial charge in [-0.1, -0.05) is 13.8 Å². The lowest BCUT2D eigenvalue weighted by Crippen LogP contribution is -2.52. The molecule has 0 spiro atoms. The Labute approximate surface area is 158 Å². The highest BCUT2D eigenvalue weighted by molar-refractivity contribution is 5.96. The van der Waals surface area contributed by atoms with Gasteiger partial charge in [0, 0.05) is 5.56 Å². The summed E-state index contributed by atoms with van der Waals surface area (Å²) in [6.45, 7) is 6.21. The predicted octanol–water partition coefficient (Wildman–Crippen LogP) is 1.41. The molecule has 0 aliphatic carbocycles. The maximum absolute atomic E-state index is 12.1. The number of esters is 1. The second-order valence-corrected chi connectivity index (χ2v) is 6.50. The molecule has 0 unspecified atom stereocenters. The molecule has 0 aliphatic heterocycles. The molecule has 8 heteroatoms. The molecule has 0 fully saturated rings. The van der Waals surface area contributed by atoms with E-state index in [1.165, 1.54) is 14.0 Å². The van der Waals surface area contributed by atoms with Crippen molar-refractivity contribution in [1.82, 2.24) is 10.6 Å². The number of hydrogen-bond donors (Lipinski definition) is 2. The molecule has 8 nitrogen and oxygen atoms in total. The second kappa shape index (κ2) is 9.57. The number of hydrogen-bond acceptors (Lipinski definition) is 6. The van der Waals surface area contributed by atoms with Crippen molar-refractivity contribution in [2.24, 2.45) is 5.92 Å². The molecule has 27 heavy (non-hydrogen) atoms. The van der Waals surface area contributed by atoms with Gasteiger partial charge in [-0.25, -0.2) is 0 Å². The third-order valence-electron chi connectivity index (χ3n) is 4.19. The van der Waals surface area contributed by atoms with E-state index in [-0.39, 0.29) is 12.5 Å². The van der Waals surface area contributed by atoms with Crippen molar-refractivity contribution in [2.75, 3.05) is 13.7 Å². The van der Waals surface area contributed by atoms with Crippen molar-refractivity contribution >= 4 is 17.8 Å². The van der Waals surface area contributed by atoms with Gasteiger partial charge in [0.25, 0.3) is 11.8 Å². The quantitative estimate of drug-likeness (QED) is 0.664. The fourth-order valence-corrected chi connectivity index (χ4v) is 1.95. The molecular formula is C19H25N3O5. The molecule has 1 aromatic carbocycles. The van der Waals surface area contributed by atoms with Crippen LogP contribution >= 0.6 is 0 Å². The molecule has 0 saturated carbocycles. The van der Waals surface area contributed by atoms with Gasteiger partial charge in [-0.15, -0.1) is 0 Å². The molecule has 0 saturated heterocycles. The summed E-state index contributed by atoms with van der Waals surface area (Å²) in [5, 5.41) is 14.2. The van der Waals surface area contributed by atoms with Gasteiger partial charge in [-0.05, 0) is 44.0 Å². The van der Waals surface area contributed by atoms with Crippen LogP contribution < -0.4 is 15.4 Å². The highest BCUT2D eigenvalue weighted by Crippen LogP contribution is 2.15. The minimum atomic E-state index is -1.10. The first kappa shape index (κ1) is 22.0. The number of benzene rings is 1. The number of nitrogens with one attached hydrogen (secondary N) is 2. The topological polar surface area (TPSA) is 118 Å². The molecule has 1 aromatic rings. The number of nitrogens with zero attached hydrogens (tertiary/aromatic N) is 1. The van der Waals surface area contributed by atoms with Gasteiger partial charge in [-0.3, -0.25) is 14.4 Å². The number of methoxy groups -OCH3 is 1. The molecule has 2 N–H and O–H groups in total. The smallest absolute Gasteiger partial charge is 0.326 e. The number of rotatable bonds is 8. The van der Waals surface area contributed by atoms with Crippen LogP contribution in [0.25, 0.3) is 0 Å². The first-order valence-electron chi connectivity index (χ1n) is 8.48. The Bertz CT molecular complexity index is 724. The van der Waals surface area contributed by atoms with Crippen LogP contribution in [0.5, 0.6) is 5.75 Å². The summed E-state index contributed by atoms with van der Waals surface area (Å²) >= 11 is 0. The van der Waals surface area contributed by atoms with Crippen LogP contribution in [-0.4, -0.2) is 43.1 Å². The van der Waals surface area contributed by atoms with Crippen LogP contribution in [0.4, 0.5) is 0 Å². The van der Waals surface area contributed by atoms with Crippen molar-refractivity contribution in [3.05, 3.63) is 29.8 Å². The molecule has 0 aromatic heterocycles. The van der Waals surface area contributed by atoms with Gasteiger partial charge in [-0.2, -0.15) is 5.26 Å². The Morgan fingerprint density at radius 2 is 1.78 bits per heavy atom. The summed E-state index contributed by atoms with van der Waals surface area (Å²) < 4.78 is 10.0. The predicted molar refractivity (Wildman–Crippen MR) is 97.9 cm³/mol. The van der Waals surface area contributed by atoms with E-state index >= 15 is 0 Å². The van der Waals surface area contributed by atoms with Gasteiger partial charge >= 0.3 is 5.97 Å². The maximum atomic E-state index is 12.1. The van der Waals surface area contributed by atoms with Crippen LogP contribution in [0.15, 0.2) is 24.3 Å². The second-order valence-electron chi connectivity index (χ2n) is 6.50. The van der Waals surface area contributed by atoms with E-state index in [0.29, 0.717) is 11.3 Å². The van der Waals surface area contributed by atoms with Crippen LogP contribution in [-0.2, 0) is 14.3 Å². The van der Waals surface area contributed by atoms with E-state index in [4.69, 9.17) is 9.47 Å². The van der Waals surface area contributed by atoms with E-state index < -0.39 is 29.4 Å². The zero-order chi connectivity index (χ0) is 20.6. The SMILES string of the molecule is COc1ccc(C(=O)NCC(=O)O[C@@H](C)C(=O)N[C@](C)(C#N)C(C)C)cc1. The van der Waals surface area contributed by atoms with Crippen molar-refractivity contribution in [2.45, 2.75) is 39.3 Å². The minimum absolute atomic E-state index is 0.127. The summed E-state index contributed by atoms with van der Waals surface area (Å²) in [7, 11) is 1.52. The molecule has 2 amide bonds. The number of carbonyl (C=O) groups excluding carboxylic acids is 3. The lowest BCUT2D eigenvalue weighted by atomic mass is 9.90. The monoisotopic (exact) mass is 375 g/mol. The van der Waals surface area contributed by atoms with Gasteiger partial charge < -0.3 is 20.1 Å². The van der Waals surface area contributed by atoms with Crippen molar-refractivity contribution < 1.29 is 23.9 Å². The van der Waals surface area contributed by atoms with Crippen LogP contribution in [0.1, 0.15) is 38.1 Å². The molecule has 2 atom stereocenters. The zero-order valence-corrected chi connectivity index (χ0v) is 16.2. The average molecular weight is 375 g/mol. The Hall–Kier alpha value is -3.08. The standard InChI is InChI=1S/C19H25N3O5/c1-12(2)19(4,11-20)22-17(24)13(3)27-16(23)10-21-18(25)14-6-8-15(26-5)9-7-14/h6-9,12-13H,10H2,1-5H3,(H,21,25)(H,22,24)/t13-,19+/m0/s1. The van der Waals surface area contributed by atoms with Crippen LogP contribution in [0.3, 0.4) is 0 Å². The molecule has 0 radical (unpaired) electrons. The van der Waals surface area contributed by atoms with Crippen LogP contribution in [0.2, 0.25) is 0 Å². The van der Waals surface area contributed by atoms with Gasteiger partial charge in [0.1, 0.15) is 17.8 Å². The molecule has 146 valence electrons. The number of nitriles is 1. The van der Waals surface area contributed by atoms with Gasteiger partial charge in [0.15, 0.2) is 6.10 Å². The lowest BCUT2D eigenvalue weighted by Gasteiger charge is -2.28. The summed E-state index contributed by atoms with van der Waals surface area (Å²) in [5.74, 6) is -1.32. The van der Waals surface area contributed by atoms with Gasteiger partial charge in [0.2, 0.25) is 0 Å². The van der Waals surface area contributed by atoms with E-state index in [1.54, 1.807) is 45.0 Å². The van der Waals surface area contributed by atoms with Crippen molar-refractivity contribution in [3.63, 3.8) is 0 Å². The first-order chi connectivity index (χ1) is 12.6. The maximum Gasteiger partial charge on any atom is 0.326 e. The number of amides is 2. The molecule has 0 bridgehead atoms. The highest BCUT2D eigenvalue weighted by Gasteiger charge is 2.32. The van der Waals surface area contributed by atoms with Gasteiger partial charge in [0.05, 0.1) is 13.2 Å². The van der Waals surface area contributed by atoms with Crippen molar-refractivity contribution in [3.8, 4) is 11.8 Å². The number of ether oxygens (including phenoxy) is 2. The summed E-state index contributed by atoms with van der Waals surface area (Å²) in [5.41, 5.74) is -0.712. The first-order valence-corrected chi connectivity index (χ1v) is 8.48. The fraction of sp³-hybridized carbons (Fsp3) is 0.474. The van der Waals surface area contributed by atoms with E-state index in [0.717, 1.165) is 0 Å². The zero-order valence-electron chi connectivity index (χ0n) is 16.2. The Kier molecular flexibility index (Phi) is 7.79. The Morgan fingerprint density at radius 1 is 1.19 bits per heavy atom. The van der Waals surface area contributed by atoms with Crippen molar-refractivity contribution in [1.29, 1.82) is 5.26 Å². The summed E-state index contributed by atoms with van der Waals surface area (Å²) in [4.78, 5) is 36.0. The van der Waals surface area contributed by atoms with E-state index in [1.807, 2.05) is 6.07 Å². The Balaban J connectivity index is 2.52. The fourth-order valence-electron chi connectivity index (χ4n) is 1.95. The Morgan fingerprint density at radius 3 is 2.26 bits per heavy atom.